The average Bonchev–Trinajstić information content (AvgIpc) is 3.10. The van der Waals surface area contributed by atoms with Crippen molar-refractivity contribution < 1.29 is 4.74 Å². The molecule has 0 spiro atoms. The first-order valence-corrected chi connectivity index (χ1v) is 9.02. The van der Waals surface area contributed by atoms with Crippen molar-refractivity contribution in [2.45, 2.75) is 52.3 Å². The Labute approximate surface area is 179 Å². The van der Waals surface area contributed by atoms with E-state index in [0.29, 0.717) is 6.54 Å². The summed E-state index contributed by atoms with van der Waals surface area (Å²) in [7, 11) is 1.78. The number of ether oxygens (including phenoxy) is 1. The molecule has 1 aromatic carbocycles. The van der Waals surface area contributed by atoms with Gasteiger partial charge in [-0.1, -0.05) is 18.2 Å². The van der Waals surface area contributed by atoms with E-state index in [4.69, 9.17) is 4.74 Å². The van der Waals surface area contributed by atoms with Crippen LogP contribution in [0.4, 0.5) is 0 Å². The lowest BCUT2D eigenvalue weighted by molar-refractivity contribution is 0.129. The van der Waals surface area contributed by atoms with E-state index >= 15 is 0 Å². The molecule has 27 heavy (non-hydrogen) atoms. The number of hydrogen-bond acceptors (Lipinski definition) is 4. The fourth-order valence-electron chi connectivity index (χ4n) is 2.44. The van der Waals surface area contributed by atoms with Gasteiger partial charge in [0.25, 0.3) is 0 Å². The van der Waals surface area contributed by atoms with Gasteiger partial charge in [0, 0.05) is 32.2 Å². The van der Waals surface area contributed by atoms with Gasteiger partial charge in [0.2, 0.25) is 0 Å². The summed E-state index contributed by atoms with van der Waals surface area (Å²) >= 11 is 0. The zero-order chi connectivity index (χ0) is 18.8. The highest BCUT2D eigenvalue weighted by Gasteiger charge is 2.14. The number of aryl methyl sites for hydroxylation is 1. The number of unbranched alkanes of at least 4 members (excludes halogenated alkanes) is 1. The first-order chi connectivity index (χ1) is 12.5. The van der Waals surface area contributed by atoms with Crippen LogP contribution in [0.5, 0.6) is 5.75 Å². The maximum absolute atomic E-state index is 6.03. The zero-order valence-electron chi connectivity index (χ0n) is 16.6. The second-order valence-corrected chi connectivity index (χ2v) is 7.08. The highest BCUT2D eigenvalue weighted by atomic mass is 127. The number of nitrogens with zero attached hydrogens (tertiary/aromatic N) is 4. The molecule has 0 atom stereocenters. The molecule has 1 aromatic heterocycles. The molecule has 0 radical (unpaired) electrons. The molecule has 8 heteroatoms. The third kappa shape index (κ3) is 9.07. The molecule has 2 rings (SSSR count). The summed E-state index contributed by atoms with van der Waals surface area (Å²) < 4.78 is 8.02. The summed E-state index contributed by atoms with van der Waals surface area (Å²) in [5.41, 5.74) is 0.888. The fourth-order valence-corrected chi connectivity index (χ4v) is 2.44. The molecule has 0 saturated heterocycles. The van der Waals surface area contributed by atoms with Crippen LogP contribution in [0.3, 0.4) is 0 Å². The van der Waals surface area contributed by atoms with Gasteiger partial charge in [-0.25, -0.2) is 0 Å². The number of hydrogen-bond donors (Lipinski definition) is 2. The van der Waals surface area contributed by atoms with E-state index in [2.05, 4.69) is 52.7 Å². The Morgan fingerprint density at radius 2 is 1.81 bits per heavy atom. The van der Waals surface area contributed by atoms with Crippen molar-refractivity contribution in [1.29, 1.82) is 0 Å². The summed E-state index contributed by atoms with van der Waals surface area (Å²) in [6, 6.07) is 8.09. The molecule has 0 fully saturated rings. The van der Waals surface area contributed by atoms with Gasteiger partial charge in [0.05, 0.1) is 0 Å². The monoisotopic (exact) mass is 486 g/mol. The third-order valence-corrected chi connectivity index (χ3v) is 3.66. The van der Waals surface area contributed by atoms with Crippen molar-refractivity contribution >= 4 is 29.9 Å². The fraction of sp³-hybridized carbons (Fsp3) is 0.526. The molecule has 0 aliphatic heterocycles. The van der Waals surface area contributed by atoms with Crippen LogP contribution in [0.1, 0.15) is 39.2 Å². The van der Waals surface area contributed by atoms with Gasteiger partial charge in [0.15, 0.2) is 5.96 Å². The van der Waals surface area contributed by atoms with Crippen molar-refractivity contribution in [2.24, 2.45) is 4.99 Å². The lowest BCUT2D eigenvalue weighted by Crippen LogP contribution is -2.37. The molecular weight excluding hydrogens is 455 g/mol. The number of rotatable bonds is 8. The lowest BCUT2D eigenvalue weighted by Gasteiger charge is -2.23. The first-order valence-electron chi connectivity index (χ1n) is 9.02. The van der Waals surface area contributed by atoms with Crippen LogP contribution in [-0.2, 0) is 13.1 Å². The molecular formula is C19H31IN6O. The molecule has 0 aliphatic carbocycles. The van der Waals surface area contributed by atoms with Gasteiger partial charge in [-0.15, -0.1) is 34.2 Å². The Bertz CT molecular complexity index is 682. The van der Waals surface area contributed by atoms with Gasteiger partial charge in [-0.3, -0.25) is 4.99 Å². The SMILES string of the molecule is CN=C(NCCCCn1cnnc1)NCc1ccccc1OC(C)(C)C.I. The number of guanidine groups is 1. The maximum Gasteiger partial charge on any atom is 0.191 e. The standard InChI is InChI=1S/C19H30N6O.HI/c1-19(2,3)26-17-10-6-5-9-16(17)13-22-18(20-4)21-11-7-8-12-25-14-23-24-15-25;/h5-6,9-10,14-15H,7-8,11-13H2,1-4H3,(H2,20,21,22);1H. The number of halogens is 1. The second kappa shape index (κ2) is 11.8. The van der Waals surface area contributed by atoms with Crippen molar-refractivity contribution in [2.75, 3.05) is 13.6 Å². The van der Waals surface area contributed by atoms with Crippen molar-refractivity contribution in [3.8, 4) is 5.75 Å². The largest absolute Gasteiger partial charge is 0.488 e. The van der Waals surface area contributed by atoms with Crippen LogP contribution >= 0.6 is 24.0 Å². The molecule has 2 N–H and O–H groups in total. The summed E-state index contributed by atoms with van der Waals surface area (Å²) in [4.78, 5) is 4.28. The van der Waals surface area contributed by atoms with Gasteiger partial charge >= 0.3 is 0 Å². The average molecular weight is 486 g/mol. The Morgan fingerprint density at radius 1 is 1.11 bits per heavy atom. The summed E-state index contributed by atoms with van der Waals surface area (Å²) in [6.07, 6.45) is 5.59. The maximum atomic E-state index is 6.03. The van der Waals surface area contributed by atoms with Crippen LogP contribution in [0, 0.1) is 0 Å². The van der Waals surface area contributed by atoms with Gasteiger partial charge < -0.3 is 19.9 Å². The van der Waals surface area contributed by atoms with Crippen LogP contribution in [0.25, 0.3) is 0 Å². The molecule has 0 saturated carbocycles. The van der Waals surface area contributed by atoms with Crippen molar-refractivity contribution in [1.82, 2.24) is 25.4 Å². The highest BCUT2D eigenvalue weighted by molar-refractivity contribution is 14.0. The number of benzene rings is 1. The minimum Gasteiger partial charge on any atom is -0.488 e. The Morgan fingerprint density at radius 3 is 2.48 bits per heavy atom. The topological polar surface area (TPSA) is 76.4 Å². The summed E-state index contributed by atoms with van der Waals surface area (Å²) in [5.74, 6) is 1.69. The predicted octanol–water partition coefficient (Wildman–Crippen LogP) is 3.22. The van der Waals surface area contributed by atoms with E-state index in [-0.39, 0.29) is 29.6 Å². The third-order valence-electron chi connectivity index (χ3n) is 3.66. The van der Waals surface area contributed by atoms with Crippen molar-refractivity contribution in [3.63, 3.8) is 0 Å². The molecule has 1 heterocycles. The van der Waals surface area contributed by atoms with E-state index in [1.165, 1.54) is 0 Å². The molecule has 150 valence electrons. The minimum absolute atomic E-state index is 0. The first kappa shape index (κ1) is 23.2. The van der Waals surface area contributed by atoms with Crippen LogP contribution in [0.15, 0.2) is 41.9 Å². The van der Waals surface area contributed by atoms with Crippen LogP contribution in [0.2, 0.25) is 0 Å². The van der Waals surface area contributed by atoms with Crippen LogP contribution < -0.4 is 15.4 Å². The van der Waals surface area contributed by atoms with Gasteiger partial charge in [-0.05, 0) is 39.7 Å². The number of aliphatic imine (C=N–C) groups is 1. The molecule has 0 amide bonds. The van der Waals surface area contributed by atoms with Gasteiger partial charge in [-0.2, -0.15) is 0 Å². The molecule has 2 aromatic rings. The number of para-hydroxylation sites is 1. The van der Waals surface area contributed by atoms with E-state index < -0.39 is 0 Å². The zero-order valence-corrected chi connectivity index (χ0v) is 18.9. The second-order valence-electron chi connectivity index (χ2n) is 7.08. The predicted molar refractivity (Wildman–Crippen MR) is 120 cm³/mol. The normalized spacial score (nSPS) is 11.6. The lowest BCUT2D eigenvalue weighted by atomic mass is 10.1. The van der Waals surface area contributed by atoms with E-state index in [9.17, 15) is 0 Å². The Balaban J connectivity index is 0.00000364. The highest BCUT2D eigenvalue weighted by Crippen LogP contribution is 2.22. The summed E-state index contributed by atoms with van der Waals surface area (Å²) in [5, 5.41) is 14.3. The van der Waals surface area contributed by atoms with Gasteiger partial charge in [0.1, 0.15) is 24.0 Å². The van der Waals surface area contributed by atoms with Crippen LogP contribution in [-0.4, -0.2) is 39.9 Å². The smallest absolute Gasteiger partial charge is 0.191 e. The summed E-state index contributed by atoms with van der Waals surface area (Å²) in [6.45, 7) is 8.61. The van der Waals surface area contributed by atoms with E-state index in [1.54, 1.807) is 19.7 Å². The molecule has 0 unspecified atom stereocenters. The molecule has 0 bridgehead atoms. The Hall–Kier alpha value is -1.84. The Kier molecular flexibility index (Phi) is 10.1. The van der Waals surface area contributed by atoms with E-state index in [1.807, 2.05) is 22.8 Å². The molecule has 7 nitrogen and oxygen atoms in total. The number of nitrogens with one attached hydrogen (secondary N) is 2. The minimum atomic E-state index is -0.221. The van der Waals surface area contributed by atoms with Crippen molar-refractivity contribution in [3.05, 3.63) is 42.5 Å². The number of aromatic nitrogens is 3. The quantitative estimate of drug-likeness (QED) is 0.260. The molecule has 0 aliphatic rings. The van der Waals surface area contributed by atoms with E-state index in [0.717, 1.165) is 43.2 Å².